The molecule has 5 aromatic rings. The molecule has 1 aliphatic rings. The van der Waals surface area contributed by atoms with Crippen molar-refractivity contribution in [3.63, 3.8) is 0 Å². The molecule has 1 aromatic heterocycles. The van der Waals surface area contributed by atoms with E-state index in [-0.39, 0.29) is 17.4 Å². The first-order valence-electron chi connectivity index (χ1n) is 12.4. The Labute approximate surface area is 228 Å². The van der Waals surface area contributed by atoms with Gasteiger partial charge in [-0.1, -0.05) is 48.2 Å². The Morgan fingerprint density at radius 3 is 2.38 bits per heavy atom. The Kier molecular flexibility index (Phi) is 6.54. The van der Waals surface area contributed by atoms with Gasteiger partial charge in [0, 0.05) is 29.4 Å². The molecule has 4 aromatic carbocycles. The van der Waals surface area contributed by atoms with Crippen molar-refractivity contribution < 1.29 is 14.0 Å². The third-order valence-electron chi connectivity index (χ3n) is 6.79. The van der Waals surface area contributed by atoms with Crippen LogP contribution in [0.4, 0.5) is 10.1 Å². The molecule has 0 radical (unpaired) electrons. The van der Waals surface area contributed by atoms with Crippen molar-refractivity contribution in [2.24, 2.45) is 7.05 Å². The summed E-state index contributed by atoms with van der Waals surface area (Å²) in [6.45, 7) is 0. The van der Waals surface area contributed by atoms with Gasteiger partial charge in [0.15, 0.2) is 16.8 Å². The van der Waals surface area contributed by atoms with Crippen molar-refractivity contribution in [2.75, 3.05) is 11.1 Å². The number of ketones is 1. The summed E-state index contributed by atoms with van der Waals surface area (Å²) in [6.07, 6.45) is 0.848. The first-order valence-corrected chi connectivity index (χ1v) is 13.4. The van der Waals surface area contributed by atoms with E-state index >= 15 is 0 Å². The molecular formula is C31H23FN4O2S. The Morgan fingerprint density at radius 1 is 0.872 bits per heavy atom. The number of hydrogen-bond donors (Lipinski definition) is 1. The average Bonchev–Trinajstić information content (AvgIpc) is 3.52. The van der Waals surface area contributed by atoms with Crippen LogP contribution >= 0.6 is 11.8 Å². The third-order valence-corrected chi connectivity index (χ3v) is 7.81. The van der Waals surface area contributed by atoms with Crippen LogP contribution in [-0.2, 0) is 13.5 Å². The molecule has 192 valence electrons. The van der Waals surface area contributed by atoms with Crippen molar-refractivity contribution in [2.45, 2.75) is 11.6 Å². The van der Waals surface area contributed by atoms with Gasteiger partial charge in [0.05, 0.1) is 5.75 Å². The summed E-state index contributed by atoms with van der Waals surface area (Å²) in [4.78, 5) is 25.4. The van der Waals surface area contributed by atoms with Gasteiger partial charge in [-0.2, -0.15) is 0 Å². The molecule has 0 bridgehead atoms. The summed E-state index contributed by atoms with van der Waals surface area (Å²) in [5, 5.41) is 12.0. The number of nitrogens with zero attached hydrogens (tertiary/aromatic N) is 3. The van der Waals surface area contributed by atoms with Crippen molar-refractivity contribution in [3.05, 3.63) is 119 Å². The maximum Gasteiger partial charge on any atom is 0.255 e. The van der Waals surface area contributed by atoms with E-state index in [0.29, 0.717) is 27.8 Å². The van der Waals surface area contributed by atoms with Crippen LogP contribution in [0.3, 0.4) is 0 Å². The zero-order valence-corrected chi connectivity index (χ0v) is 21.8. The van der Waals surface area contributed by atoms with Crippen molar-refractivity contribution in [1.82, 2.24) is 14.8 Å². The van der Waals surface area contributed by atoms with Gasteiger partial charge in [-0.05, 0) is 83.3 Å². The van der Waals surface area contributed by atoms with Gasteiger partial charge in [-0.3, -0.25) is 9.59 Å². The lowest BCUT2D eigenvalue weighted by Crippen LogP contribution is -2.11. The maximum absolute atomic E-state index is 13.1. The van der Waals surface area contributed by atoms with Crippen LogP contribution in [0.15, 0.2) is 96.2 Å². The molecule has 0 atom stereocenters. The van der Waals surface area contributed by atoms with E-state index in [0.717, 1.165) is 12.0 Å². The third kappa shape index (κ3) is 4.98. The second-order valence-electron chi connectivity index (χ2n) is 9.32. The van der Waals surface area contributed by atoms with Crippen molar-refractivity contribution >= 4 is 29.1 Å². The predicted octanol–water partition coefficient (Wildman–Crippen LogP) is 6.42. The molecule has 6 rings (SSSR count). The largest absolute Gasteiger partial charge is 0.322 e. The summed E-state index contributed by atoms with van der Waals surface area (Å²) in [5.41, 5.74) is 7.43. The summed E-state index contributed by atoms with van der Waals surface area (Å²) >= 11 is 1.35. The zero-order chi connectivity index (χ0) is 26.9. The van der Waals surface area contributed by atoms with Gasteiger partial charge < -0.3 is 9.88 Å². The first-order chi connectivity index (χ1) is 19.0. The number of carbonyl (C=O) groups is 2. The highest BCUT2D eigenvalue weighted by Gasteiger charge is 2.20. The summed E-state index contributed by atoms with van der Waals surface area (Å²) in [6, 6.07) is 26.9. The lowest BCUT2D eigenvalue weighted by atomic mass is 10.0. The molecule has 39 heavy (non-hydrogen) atoms. The van der Waals surface area contributed by atoms with E-state index in [4.69, 9.17) is 0 Å². The highest BCUT2D eigenvalue weighted by atomic mass is 32.2. The number of carbonyl (C=O) groups excluding carboxylic acids is 2. The predicted molar refractivity (Wildman–Crippen MR) is 151 cm³/mol. The minimum atomic E-state index is -0.393. The molecule has 0 fully saturated rings. The van der Waals surface area contributed by atoms with Crippen LogP contribution < -0.4 is 5.32 Å². The number of Topliss-reactive ketones (excluding diaryl/α,β-unsaturated/α-hetero) is 1. The SMILES string of the molecule is Cn1c(SCC(=O)c2ccc3c(c2)Cc2ccccc2-3)nnc1-c1ccc(NC(=O)c2ccc(F)cc2)cc1. The van der Waals surface area contributed by atoms with Gasteiger partial charge in [-0.25, -0.2) is 4.39 Å². The quantitative estimate of drug-likeness (QED) is 0.189. The van der Waals surface area contributed by atoms with Crippen LogP contribution in [0.5, 0.6) is 0 Å². The molecule has 0 spiro atoms. The van der Waals surface area contributed by atoms with Crippen LogP contribution in [-0.4, -0.2) is 32.2 Å². The molecule has 0 saturated heterocycles. The van der Waals surface area contributed by atoms with E-state index in [2.05, 4.69) is 27.6 Å². The molecule has 6 nitrogen and oxygen atoms in total. The van der Waals surface area contributed by atoms with E-state index in [1.165, 1.54) is 58.3 Å². The number of aromatic nitrogens is 3. The fourth-order valence-electron chi connectivity index (χ4n) is 4.73. The smallest absolute Gasteiger partial charge is 0.255 e. The van der Waals surface area contributed by atoms with Gasteiger partial charge >= 0.3 is 0 Å². The second-order valence-corrected chi connectivity index (χ2v) is 10.3. The average molecular weight is 535 g/mol. The Balaban J connectivity index is 1.10. The number of fused-ring (bicyclic) bond motifs is 3. The number of rotatable bonds is 7. The first kappa shape index (κ1) is 24.8. The fourth-order valence-corrected chi connectivity index (χ4v) is 5.54. The Morgan fingerprint density at radius 2 is 1.59 bits per heavy atom. The van der Waals surface area contributed by atoms with Crippen LogP contribution in [0.2, 0.25) is 0 Å². The van der Waals surface area contributed by atoms with E-state index in [1.807, 2.05) is 54.1 Å². The molecule has 1 amide bonds. The number of hydrogen-bond acceptors (Lipinski definition) is 5. The number of thioether (sulfide) groups is 1. The number of amides is 1. The fraction of sp³-hybridized carbons (Fsp3) is 0.0968. The molecule has 1 aliphatic carbocycles. The summed E-state index contributed by atoms with van der Waals surface area (Å²) in [5.74, 6) is 0.237. The van der Waals surface area contributed by atoms with E-state index in [9.17, 15) is 14.0 Å². The topological polar surface area (TPSA) is 76.9 Å². The molecule has 1 heterocycles. The molecule has 0 aliphatic heterocycles. The molecule has 1 N–H and O–H groups in total. The minimum absolute atomic E-state index is 0.0459. The van der Waals surface area contributed by atoms with Crippen LogP contribution in [0.25, 0.3) is 22.5 Å². The highest BCUT2D eigenvalue weighted by molar-refractivity contribution is 7.99. The number of anilines is 1. The molecule has 8 heteroatoms. The lowest BCUT2D eigenvalue weighted by Gasteiger charge is -2.08. The summed E-state index contributed by atoms with van der Waals surface area (Å²) < 4.78 is 15.0. The Bertz CT molecular complexity index is 1710. The molecular weight excluding hydrogens is 511 g/mol. The number of nitrogens with one attached hydrogen (secondary N) is 1. The number of benzene rings is 4. The minimum Gasteiger partial charge on any atom is -0.322 e. The maximum atomic E-state index is 13.1. The van der Waals surface area contributed by atoms with Gasteiger partial charge in [0.2, 0.25) is 0 Å². The van der Waals surface area contributed by atoms with E-state index < -0.39 is 5.82 Å². The normalized spacial score (nSPS) is 11.6. The second kappa shape index (κ2) is 10.3. The lowest BCUT2D eigenvalue weighted by molar-refractivity contribution is 0.101. The van der Waals surface area contributed by atoms with E-state index in [1.54, 1.807) is 12.1 Å². The Hall–Kier alpha value is -4.56. The zero-order valence-electron chi connectivity index (χ0n) is 21.0. The molecule has 0 saturated carbocycles. The van der Waals surface area contributed by atoms with Crippen LogP contribution in [0, 0.1) is 5.82 Å². The van der Waals surface area contributed by atoms with Gasteiger partial charge in [0.1, 0.15) is 5.82 Å². The van der Waals surface area contributed by atoms with Gasteiger partial charge in [0.25, 0.3) is 5.91 Å². The molecule has 0 unspecified atom stereocenters. The highest BCUT2D eigenvalue weighted by Crippen LogP contribution is 2.37. The van der Waals surface area contributed by atoms with Crippen molar-refractivity contribution in [3.8, 4) is 22.5 Å². The summed E-state index contributed by atoms with van der Waals surface area (Å²) in [7, 11) is 1.86. The number of halogens is 1. The van der Waals surface area contributed by atoms with Crippen LogP contribution in [0.1, 0.15) is 31.8 Å². The monoisotopic (exact) mass is 534 g/mol. The van der Waals surface area contributed by atoms with Gasteiger partial charge in [-0.15, -0.1) is 10.2 Å². The standard InChI is InChI=1S/C31H23FN4O2S/c1-36-29(19-8-13-25(14-9-19)33-30(38)20-6-11-24(32)12-7-20)34-35-31(36)39-18-28(37)22-10-15-27-23(17-22)16-21-4-2-3-5-26(21)27/h2-15,17H,16,18H2,1H3,(H,33,38). The van der Waals surface area contributed by atoms with Crippen molar-refractivity contribution in [1.29, 1.82) is 0 Å².